The molecular formula is C12H18N2O3. The number of esters is 1. The van der Waals surface area contributed by atoms with Gasteiger partial charge < -0.3 is 9.30 Å². The summed E-state index contributed by atoms with van der Waals surface area (Å²) in [6, 6.07) is 0. The number of carbonyl (C=O) groups excluding carboxylic acids is 2. The second-order valence-corrected chi connectivity index (χ2v) is 4.02. The Kier molecular flexibility index (Phi) is 4.87. The zero-order valence-corrected chi connectivity index (χ0v) is 10.5. The first-order valence-electron chi connectivity index (χ1n) is 5.71. The van der Waals surface area contributed by atoms with Crippen molar-refractivity contribution in [1.29, 1.82) is 0 Å². The molecule has 0 aliphatic carbocycles. The molecule has 5 nitrogen and oxygen atoms in total. The van der Waals surface area contributed by atoms with Crippen LogP contribution >= 0.6 is 0 Å². The van der Waals surface area contributed by atoms with Crippen LogP contribution < -0.4 is 0 Å². The van der Waals surface area contributed by atoms with E-state index in [0.717, 1.165) is 13.0 Å². The Morgan fingerprint density at radius 3 is 2.82 bits per heavy atom. The maximum absolute atomic E-state index is 12.0. The van der Waals surface area contributed by atoms with Crippen LogP contribution in [0, 0.1) is 5.92 Å². The molecule has 5 heteroatoms. The summed E-state index contributed by atoms with van der Waals surface area (Å²) in [5.41, 5.74) is 0.558. The Bertz CT molecular complexity index is 398. The molecule has 0 amide bonds. The Morgan fingerprint density at radius 2 is 2.24 bits per heavy atom. The number of carbonyl (C=O) groups is 2. The van der Waals surface area contributed by atoms with Gasteiger partial charge in [0.15, 0.2) is 5.78 Å². The van der Waals surface area contributed by atoms with Gasteiger partial charge in [0.25, 0.3) is 0 Å². The molecule has 0 saturated carbocycles. The fraction of sp³-hybridized carbons (Fsp3) is 0.583. The van der Waals surface area contributed by atoms with E-state index in [1.807, 2.05) is 11.5 Å². The van der Waals surface area contributed by atoms with Crippen molar-refractivity contribution in [3.05, 3.63) is 18.2 Å². The molecular weight excluding hydrogens is 220 g/mol. The second kappa shape index (κ2) is 6.18. The van der Waals surface area contributed by atoms with Gasteiger partial charge in [-0.3, -0.25) is 9.59 Å². The van der Waals surface area contributed by atoms with Crippen LogP contribution in [0.1, 0.15) is 37.2 Å². The summed E-state index contributed by atoms with van der Waals surface area (Å²) in [6.45, 7) is 4.48. The van der Waals surface area contributed by atoms with E-state index in [9.17, 15) is 9.59 Å². The average Bonchev–Trinajstić information content (AvgIpc) is 2.76. The van der Waals surface area contributed by atoms with Gasteiger partial charge in [-0.15, -0.1) is 0 Å². The van der Waals surface area contributed by atoms with Crippen molar-refractivity contribution < 1.29 is 14.3 Å². The highest BCUT2D eigenvalue weighted by atomic mass is 16.5. The van der Waals surface area contributed by atoms with Crippen molar-refractivity contribution in [1.82, 2.24) is 9.55 Å². The minimum atomic E-state index is -0.419. The normalized spacial score (nSPS) is 12.2. The zero-order valence-electron chi connectivity index (χ0n) is 10.5. The predicted octanol–water partition coefficient (Wildman–Crippen LogP) is 1.68. The van der Waals surface area contributed by atoms with Crippen molar-refractivity contribution in [2.45, 2.75) is 33.2 Å². The molecule has 0 spiro atoms. The first-order chi connectivity index (χ1) is 8.10. The van der Waals surface area contributed by atoms with Crippen molar-refractivity contribution in [3.8, 4) is 0 Å². The van der Waals surface area contributed by atoms with E-state index >= 15 is 0 Å². The molecule has 0 N–H and O–H groups in total. The van der Waals surface area contributed by atoms with Gasteiger partial charge in [0.2, 0.25) is 0 Å². The smallest absolute Gasteiger partial charge is 0.308 e. The SMILES string of the molecule is CCCn1cncc1C(=O)CC(C)C(=O)OC. The lowest BCUT2D eigenvalue weighted by Crippen LogP contribution is -2.18. The Balaban J connectivity index is 2.69. The van der Waals surface area contributed by atoms with Gasteiger partial charge in [-0.05, 0) is 6.42 Å². The molecule has 1 atom stereocenters. The van der Waals surface area contributed by atoms with Gasteiger partial charge in [0.05, 0.1) is 25.6 Å². The highest BCUT2D eigenvalue weighted by Gasteiger charge is 2.20. The summed E-state index contributed by atoms with van der Waals surface area (Å²) in [6.07, 6.45) is 4.27. The largest absolute Gasteiger partial charge is 0.469 e. The minimum absolute atomic E-state index is 0.0751. The first kappa shape index (κ1) is 13.4. The number of ether oxygens (including phenoxy) is 1. The molecule has 0 bridgehead atoms. The molecule has 1 rings (SSSR count). The lowest BCUT2D eigenvalue weighted by atomic mass is 10.0. The lowest BCUT2D eigenvalue weighted by molar-refractivity contribution is -0.144. The molecule has 1 heterocycles. The van der Waals surface area contributed by atoms with Crippen LogP contribution in [0.15, 0.2) is 12.5 Å². The molecule has 0 aromatic carbocycles. The number of aryl methyl sites for hydroxylation is 1. The number of methoxy groups -OCH3 is 1. The monoisotopic (exact) mass is 238 g/mol. The molecule has 1 aromatic heterocycles. The van der Waals surface area contributed by atoms with Gasteiger partial charge >= 0.3 is 5.97 Å². The van der Waals surface area contributed by atoms with Crippen LogP contribution in [0.4, 0.5) is 0 Å². The molecule has 0 saturated heterocycles. The summed E-state index contributed by atoms with van der Waals surface area (Å²) in [5.74, 6) is -0.855. The number of aromatic nitrogens is 2. The number of Topliss-reactive ketones (excluding diaryl/α,β-unsaturated/α-hetero) is 1. The van der Waals surface area contributed by atoms with Gasteiger partial charge in [0.1, 0.15) is 5.69 Å². The molecule has 94 valence electrons. The highest BCUT2D eigenvalue weighted by Crippen LogP contribution is 2.11. The van der Waals surface area contributed by atoms with E-state index in [1.165, 1.54) is 7.11 Å². The molecule has 17 heavy (non-hydrogen) atoms. The van der Waals surface area contributed by atoms with E-state index in [2.05, 4.69) is 9.72 Å². The quantitative estimate of drug-likeness (QED) is 0.558. The minimum Gasteiger partial charge on any atom is -0.469 e. The third-order valence-electron chi connectivity index (χ3n) is 2.56. The second-order valence-electron chi connectivity index (χ2n) is 4.02. The summed E-state index contributed by atoms with van der Waals surface area (Å²) in [4.78, 5) is 27.2. The van der Waals surface area contributed by atoms with Gasteiger partial charge in [-0.1, -0.05) is 13.8 Å². The van der Waals surface area contributed by atoms with Crippen molar-refractivity contribution in [3.63, 3.8) is 0 Å². The summed E-state index contributed by atoms with van der Waals surface area (Å²) >= 11 is 0. The Hall–Kier alpha value is -1.65. The fourth-order valence-corrected chi connectivity index (χ4v) is 1.64. The maximum Gasteiger partial charge on any atom is 0.308 e. The average molecular weight is 238 g/mol. The molecule has 1 unspecified atom stereocenters. The lowest BCUT2D eigenvalue weighted by Gasteiger charge is -2.09. The number of hydrogen-bond acceptors (Lipinski definition) is 4. The van der Waals surface area contributed by atoms with Gasteiger partial charge in [-0.25, -0.2) is 4.98 Å². The standard InChI is InChI=1S/C12H18N2O3/c1-4-5-14-8-13-7-10(14)11(15)6-9(2)12(16)17-3/h7-9H,4-6H2,1-3H3. The predicted molar refractivity (Wildman–Crippen MR) is 62.6 cm³/mol. The number of rotatable bonds is 6. The molecule has 0 radical (unpaired) electrons. The topological polar surface area (TPSA) is 61.2 Å². The fourth-order valence-electron chi connectivity index (χ4n) is 1.64. The number of ketones is 1. The summed E-state index contributed by atoms with van der Waals surface area (Å²) in [7, 11) is 1.32. The number of imidazole rings is 1. The molecule has 0 fully saturated rings. The number of nitrogens with zero attached hydrogens (tertiary/aromatic N) is 2. The first-order valence-corrected chi connectivity index (χ1v) is 5.71. The van der Waals surface area contributed by atoms with Gasteiger partial charge in [-0.2, -0.15) is 0 Å². The summed E-state index contributed by atoms with van der Waals surface area (Å²) in [5, 5.41) is 0. The van der Waals surface area contributed by atoms with E-state index in [1.54, 1.807) is 19.4 Å². The van der Waals surface area contributed by atoms with Crippen LogP contribution in [-0.2, 0) is 16.1 Å². The van der Waals surface area contributed by atoms with Gasteiger partial charge in [0, 0.05) is 13.0 Å². The molecule has 1 aromatic rings. The van der Waals surface area contributed by atoms with Crippen LogP contribution in [0.3, 0.4) is 0 Å². The Labute approximate surface area is 101 Å². The number of hydrogen-bond donors (Lipinski definition) is 0. The van der Waals surface area contributed by atoms with Crippen molar-refractivity contribution in [2.75, 3.05) is 7.11 Å². The van der Waals surface area contributed by atoms with Crippen LogP contribution in [0.5, 0.6) is 0 Å². The van der Waals surface area contributed by atoms with Crippen LogP contribution in [0.2, 0.25) is 0 Å². The molecule has 0 aliphatic rings. The highest BCUT2D eigenvalue weighted by molar-refractivity contribution is 5.96. The van der Waals surface area contributed by atoms with E-state index in [4.69, 9.17) is 0 Å². The third-order valence-corrected chi connectivity index (χ3v) is 2.56. The van der Waals surface area contributed by atoms with Crippen molar-refractivity contribution >= 4 is 11.8 Å². The molecule has 0 aliphatic heterocycles. The summed E-state index contributed by atoms with van der Waals surface area (Å²) < 4.78 is 6.41. The van der Waals surface area contributed by atoms with Crippen LogP contribution in [-0.4, -0.2) is 28.4 Å². The van der Waals surface area contributed by atoms with E-state index in [0.29, 0.717) is 5.69 Å². The third kappa shape index (κ3) is 3.41. The zero-order chi connectivity index (χ0) is 12.8. The van der Waals surface area contributed by atoms with E-state index in [-0.39, 0.29) is 18.2 Å². The maximum atomic E-state index is 12.0. The van der Waals surface area contributed by atoms with Crippen molar-refractivity contribution in [2.24, 2.45) is 5.92 Å². The Morgan fingerprint density at radius 1 is 1.53 bits per heavy atom. The van der Waals surface area contributed by atoms with Crippen LogP contribution in [0.25, 0.3) is 0 Å². The van der Waals surface area contributed by atoms with E-state index < -0.39 is 5.92 Å².